The predicted molar refractivity (Wildman–Crippen MR) is 192 cm³/mol. The summed E-state index contributed by atoms with van der Waals surface area (Å²) in [6.07, 6.45) is 11.0. The van der Waals surface area contributed by atoms with Crippen molar-refractivity contribution in [3.05, 3.63) is 77.5 Å². The van der Waals surface area contributed by atoms with Crippen LogP contribution in [0.1, 0.15) is 48.5 Å². The van der Waals surface area contributed by atoms with Gasteiger partial charge in [-0.3, -0.25) is 19.4 Å². The first-order valence-corrected chi connectivity index (χ1v) is 16.8. The van der Waals surface area contributed by atoms with Gasteiger partial charge >= 0.3 is 0 Å². The lowest BCUT2D eigenvalue weighted by Crippen LogP contribution is -2.48. The van der Waals surface area contributed by atoms with Crippen LogP contribution in [0, 0.1) is 5.41 Å². The van der Waals surface area contributed by atoms with E-state index >= 15 is 0 Å². The van der Waals surface area contributed by atoms with Gasteiger partial charge in [-0.05, 0) is 99.6 Å². The zero-order valence-corrected chi connectivity index (χ0v) is 28.2. The number of hydrogen-bond acceptors (Lipinski definition) is 10. The van der Waals surface area contributed by atoms with Crippen LogP contribution < -0.4 is 21.3 Å². The summed E-state index contributed by atoms with van der Waals surface area (Å²) >= 11 is 1.79. The number of likely N-dealkylation sites (tertiary alicyclic amines) is 1. The Morgan fingerprint density at radius 2 is 1.74 bits per heavy atom. The first-order chi connectivity index (χ1) is 22.9. The van der Waals surface area contributed by atoms with E-state index in [0.29, 0.717) is 35.3 Å². The fourth-order valence-corrected chi connectivity index (χ4v) is 6.97. The minimum Gasteiger partial charge on any atom is -0.376 e. The van der Waals surface area contributed by atoms with Crippen LogP contribution in [-0.4, -0.2) is 86.8 Å². The first-order valence-electron chi connectivity index (χ1n) is 16.0. The minimum atomic E-state index is 0.0998. The average Bonchev–Trinajstić information content (AvgIpc) is 3.09. The molecule has 2 aliphatic heterocycles. The number of rotatable bonds is 15. The highest BCUT2D eigenvalue weighted by molar-refractivity contribution is 7.97. The topological polar surface area (TPSA) is 131 Å². The van der Waals surface area contributed by atoms with Gasteiger partial charge in [0, 0.05) is 66.3 Å². The maximum atomic E-state index is 13.1. The number of nitrogens with zero attached hydrogens (tertiary/aromatic N) is 4. The van der Waals surface area contributed by atoms with Crippen molar-refractivity contribution in [2.45, 2.75) is 44.0 Å². The summed E-state index contributed by atoms with van der Waals surface area (Å²) in [6, 6.07) is 13.8. The van der Waals surface area contributed by atoms with Gasteiger partial charge < -0.3 is 26.2 Å². The molecular formula is C35H46N8O3S. The van der Waals surface area contributed by atoms with E-state index < -0.39 is 0 Å². The van der Waals surface area contributed by atoms with Crippen molar-refractivity contribution < 1.29 is 14.4 Å². The molecule has 0 saturated carbocycles. The molecule has 4 N–H and O–H groups in total. The third-order valence-electron chi connectivity index (χ3n) is 8.74. The molecule has 250 valence electrons. The Kier molecular flexibility index (Phi) is 13.8. The van der Waals surface area contributed by atoms with E-state index in [1.807, 2.05) is 55.3 Å². The molecule has 2 aliphatic rings. The standard InChI is InChI=1S/C35H46N8O3S/c1-4-6-27(21-36-2)34(41-26-45)40-25-39-29-9-11-30(12-10-29)47-43-19-15-35(16-20-43)13-17-42(18-14-35)33(46)23-38-32-8-5-7-28(24-44)31(32)22-37-3/h4-12,21,24,26,37-39H,2,13-20,22-23,25H2,1,3H3,(H,40,41,45)/b6-4-,27-21-. The maximum absolute atomic E-state index is 13.1. The lowest BCUT2D eigenvalue weighted by molar-refractivity contribution is -0.132. The first kappa shape index (κ1) is 35.6. The number of aliphatic imine (C=N–C) groups is 2. The fraction of sp³-hybridized carbons (Fsp3) is 0.400. The van der Waals surface area contributed by atoms with Gasteiger partial charge in [-0.15, -0.1) is 0 Å². The number of anilines is 2. The van der Waals surface area contributed by atoms with E-state index in [9.17, 15) is 14.4 Å². The average molecular weight is 659 g/mol. The molecule has 2 aromatic rings. The van der Waals surface area contributed by atoms with Crippen LogP contribution in [0.4, 0.5) is 11.4 Å². The summed E-state index contributed by atoms with van der Waals surface area (Å²) in [7, 11) is 1.84. The Morgan fingerprint density at radius 3 is 2.38 bits per heavy atom. The summed E-state index contributed by atoms with van der Waals surface area (Å²) in [5, 5.41) is 12.3. The molecule has 2 fully saturated rings. The molecule has 0 atom stereocenters. The molecule has 0 aliphatic carbocycles. The van der Waals surface area contributed by atoms with Crippen LogP contribution in [0.25, 0.3) is 0 Å². The summed E-state index contributed by atoms with van der Waals surface area (Å²) < 4.78 is 2.44. The zero-order chi connectivity index (χ0) is 33.5. The number of aldehydes is 1. The molecule has 0 bridgehead atoms. The lowest BCUT2D eigenvalue weighted by atomic mass is 9.71. The van der Waals surface area contributed by atoms with E-state index in [-0.39, 0.29) is 19.1 Å². The monoisotopic (exact) mass is 658 g/mol. The molecule has 47 heavy (non-hydrogen) atoms. The molecule has 11 nitrogen and oxygen atoms in total. The van der Waals surface area contributed by atoms with Crippen molar-refractivity contribution in [2.75, 3.05) is 57.1 Å². The number of carbonyl (C=O) groups excluding carboxylic acids is 3. The molecule has 12 heteroatoms. The Morgan fingerprint density at radius 1 is 1.02 bits per heavy atom. The van der Waals surface area contributed by atoms with Crippen LogP contribution in [0.3, 0.4) is 0 Å². The van der Waals surface area contributed by atoms with Crippen LogP contribution in [0.5, 0.6) is 0 Å². The highest BCUT2D eigenvalue weighted by atomic mass is 32.2. The summed E-state index contributed by atoms with van der Waals surface area (Å²) in [4.78, 5) is 47.0. The summed E-state index contributed by atoms with van der Waals surface area (Å²) in [5.74, 6) is 0.516. The molecule has 2 amide bonds. The third-order valence-corrected chi connectivity index (χ3v) is 9.84. The zero-order valence-electron chi connectivity index (χ0n) is 27.3. The van der Waals surface area contributed by atoms with E-state index in [1.54, 1.807) is 24.2 Å². The van der Waals surface area contributed by atoms with Crippen LogP contribution in [0.15, 0.2) is 81.3 Å². The molecule has 0 unspecified atom stereocenters. The predicted octanol–water partition coefficient (Wildman–Crippen LogP) is 4.72. The second-order valence-corrected chi connectivity index (χ2v) is 12.8. The highest BCUT2D eigenvalue weighted by Crippen LogP contribution is 2.43. The summed E-state index contributed by atoms with van der Waals surface area (Å²) in [5.41, 5.74) is 4.23. The number of amides is 2. The van der Waals surface area contributed by atoms with Crippen molar-refractivity contribution in [3.63, 3.8) is 0 Å². The van der Waals surface area contributed by atoms with Gasteiger partial charge in [0.1, 0.15) is 18.8 Å². The Hall–Kier alpha value is -4.26. The van der Waals surface area contributed by atoms with Gasteiger partial charge in [0.2, 0.25) is 12.3 Å². The van der Waals surface area contributed by atoms with E-state index in [4.69, 9.17) is 0 Å². The number of allylic oxidation sites excluding steroid dienone is 1. The molecular weight excluding hydrogens is 613 g/mol. The lowest BCUT2D eigenvalue weighted by Gasteiger charge is -2.46. The molecule has 4 rings (SSSR count). The van der Waals surface area contributed by atoms with Crippen molar-refractivity contribution in [2.24, 2.45) is 15.4 Å². The normalized spacial score (nSPS) is 17.0. The maximum Gasteiger partial charge on any atom is 0.241 e. The van der Waals surface area contributed by atoms with Crippen LogP contribution >= 0.6 is 11.9 Å². The summed E-state index contributed by atoms with van der Waals surface area (Å²) in [6.45, 7) is 10.0. The minimum absolute atomic E-state index is 0.0998. The number of amidine groups is 1. The highest BCUT2D eigenvalue weighted by Gasteiger charge is 2.38. The third kappa shape index (κ3) is 10.1. The van der Waals surface area contributed by atoms with Gasteiger partial charge in [-0.25, -0.2) is 9.30 Å². The van der Waals surface area contributed by atoms with Crippen molar-refractivity contribution in [1.29, 1.82) is 0 Å². The van der Waals surface area contributed by atoms with E-state index in [1.165, 1.54) is 4.90 Å². The molecule has 2 heterocycles. The van der Waals surface area contributed by atoms with Gasteiger partial charge in [0.05, 0.1) is 6.54 Å². The van der Waals surface area contributed by atoms with Gasteiger partial charge in [-0.1, -0.05) is 24.3 Å². The van der Waals surface area contributed by atoms with Crippen molar-refractivity contribution in [1.82, 2.24) is 19.8 Å². The molecule has 0 aromatic heterocycles. The van der Waals surface area contributed by atoms with Crippen molar-refractivity contribution >= 4 is 54.5 Å². The number of nitrogens with one attached hydrogen (secondary N) is 4. The Bertz CT molecular complexity index is 1460. The van der Waals surface area contributed by atoms with Crippen LogP contribution in [-0.2, 0) is 16.1 Å². The van der Waals surface area contributed by atoms with Crippen molar-refractivity contribution in [3.8, 4) is 0 Å². The second kappa shape index (κ2) is 18.2. The number of carbonyl (C=O) groups is 3. The molecule has 1 spiro atoms. The fourth-order valence-electron chi connectivity index (χ4n) is 6.05. The molecule has 2 saturated heterocycles. The van der Waals surface area contributed by atoms with Gasteiger partial charge in [0.15, 0.2) is 0 Å². The van der Waals surface area contributed by atoms with Crippen LogP contribution in [0.2, 0.25) is 0 Å². The smallest absolute Gasteiger partial charge is 0.241 e. The van der Waals surface area contributed by atoms with Gasteiger partial charge in [-0.2, -0.15) is 0 Å². The Balaban J connectivity index is 1.20. The van der Waals surface area contributed by atoms with E-state index in [0.717, 1.165) is 75.1 Å². The number of benzene rings is 2. The van der Waals surface area contributed by atoms with E-state index in [2.05, 4.69) is 54.4 Å². The largest absolute Gasteiger partial charge is 0.376 e. The molecule has 2 aromatic carbocycles. The number of piperidine rings is 2. The van der Waals surface area contributed by atoms with Gasteiger partial charge in [0.25, 0.3) is 0 Å². The quantitative estimate of drug-likeness (QED) is 0.0712. The SMILES string of the molecule is C=N/C=C(/C=C\C)C(=N/CNc1ccc(SN2CCC3(CC2)CCN(C(=O)CNc2cccc(C=O)c2CNC)CC3)cc1)\NC=O. The number of hydrogen-bond donors (Lipinski definition) is 4. The Labute approximate surface area is 282 Å². The molecule has 0 radical (unpaired) electrons. The second-order valence-electron chi connectivity index (χ2n) is 11.7.